The molecule has 2 rings (SSSR count). The maximum atomic E-state index is 5.80. The number of benzene rings is 1. The summed E-state index contributed by atoms with van der Waals surface area (Å²) in [6.45, 7) is 4.97. The van der Waals surface area contributed by atoms with Gasteiger partial charge in [0.2, 0.25) is 0 Å². The second-order valence-corrected chi connectivity index (χ2v) is 5.40. The number of hydrogen-bond donors (Lipinski definition) is 2. The summed E-state index contributed by atoms with van der Waals surface area (Å²) in [5.41, 5.74) is 8.25. The molecule has 0 unspecified atom stereocenters. The Morgan fingerprint density at radius 1 is 1.40 bits per heavy atom. The van der Waals surface area contributed by atoms with Crippen molar-refractivity contribution in [3.8, 4) is 0 Å². The van der Waals surface area contributed by atoms with E-state index in [0.717, 1.165) is 9.99 Å². The standard InChI is InChI=1S/C12H15BrN2/c1-12(2,7-14)10-6-15-11-4-3-8(13)5-9(10)11/h3-6,15H,7,14H2,1-2H3. The van der Waals surface area contributed by atoms with Gasteiger partial charge in [-0.2, -0.15) is 0 Å². The van der Waals surface area contributed by atoms with Crippen LogP contribution < -0.4 is 5.73 Å². The van der Waals surface area contributed by atoms with Gasteiger partial charge in [-0.05, 0) is 23.8 Å². The topological polar surface area (TPSA) is 41.8 Å². The summed E-state index contributed by atoms with van der Waals surface area (Å²) in [5.74, 6) is 0. The summed E-state index contributed by atoms with van der Waals surface area (Å²) in [6, 6.07) is 6.26. The van der Waals surface area contributed by atoms with E-state index in [0.29, 0.717) is 6.54 Å². The van der Waals surface area contributed by atoms with Gasteiger partial charge < -0.3 is 10.7 Å². The van der Waals surface area contributed by atoms with Crippen LogP contribution in [0.5, 0.6) is 0 Å². The molecule has 0 aliphatic rings. The van der Waals surface area contributed by atoms with Gasteiger partial charge >= 0.3 is 0 Å². The predicted octanol–water partition coefficient (Wildman–Crippen LogP) is 3.17. The van der Waals surface area contributed by atoms with Crippen LogP contribution in [-0.4, -0.2) is 11.5 Å². The number of nitrogens with one attached hydrogen (secondary N) is 1. The second kappa shape index (κ2) is 3.65. The molecule has 2 nitrogen and oxygen atoms in total. The molecule has 0 spiro atoms. The molecule has 0 fully saturated rings. The van der Waals surface area contributed by atoms with Crippen molar-refractivity contribution in [2.75, 3.05) is 6.54 Å². The van der Waals surface area contributed by atoms with E-state index in [1.807, 2.05) is 6.07 Å². The Kier molecular flexibility index (Phi) is 2.61. The summed E-state index contributed by atoms with van der Waals surface area (Å²) in [5, 5.41) is 1.25. The van der Waals surface area contributed by atoms with Crippen LogP contribution in [0.2, 0.25) is 0 Å². The molecule has 2 aromatic rings. The largest absolute Gasteiger partial charge is 0.361 e. The van der Waals surface area contributed by atoms with Crippen LogP contribution >= 0.6 is 15.9 Å². The third kappa shape index (κ3) is 1.82. The van der Waals surface area contributed by atoms with Gasteiger partial charge in [0.25, 0.3) is 0 Å². The van der Waals surface area contributed by atoms with Crippen molar-refractivity contribution in [1.82, 2.24) is 4.98 Å². The van der Waals surface area contributed by atoms with E-state index >= 15 is 0 Å². The molecule has 0 amide bonds. The molecular formula is C12H15BrN2. The molecule has 1 heterocycles. The van der Waals surface area contributed by atoms with Crippen LogP contribution in [0, 0.1) is 0 Å². The molecule has 0 saturated carbocycles. The van der Waals surface area contributed by atoms with E-state index < -0.39 is 0 Å². The Morgan fingerprint density at radius 2 is 2.13 bits per heavy atom. The van der Waals surface area contributed by atoms with Crippen molar-refractivity contribution in [3.05, 3.63) is 34.4 Å². The maximum Gasteiger partial charge on any atom is 0.0457 e. The number of H-pyrrole nitrogens is 1. The molecule has 15 heavy (non-hydrogen) atoms. The zero-order valence-electron chi connectivity index (χ0n) is 8.97. The summed E-state index contributed by atoms with van der Waals surface area (Å²) in [7, 11) is 0. The van der Waals surface area contributed by atoms with E-state index in [1.54, 1.807) is 0 Å². The first-order valence-electron chi connectivity index (χ1n) is 5.02. The molecule has 1 aromatic carbocycles. The van der Waals surface area contributed by atoms with Crippen LogP contribution in [0.4, 0.5) is 0 Å². The quantitative estimate of drug-likeness (QED) is 0.862. The highest BCUT2D eigenvalue weighted by Crippen LogP contribution is 2.31. The van der Waals surface area contributed by atoms with Gasteiger partial charge in [0.1, 0.15) is 0 Å². The van der Waals surface area contributed by atoms with E-state index in [9.17, 15) is 0 Å². The minimum absolute atomic E-state index is 0.0129. The highest BCUT2D eigenvalue weighted by Gasteiger charge is 2.22. The van der Waals surface area contributed by atoms with Crippen molar-refractivity contribution in [1.29, 1.82) is 0 Å². The minimum Gasteiger partial charge on any atom is -0.361 e. The number of fused-ring (bicyclic) bond motifs is 1. The predicted molar refractivity (Wildman–Crippen MR) is 68.1 cm³/mol. The van der Waals surface area contributed by atoms with Crippen molar-refractivity contribution in [2.24, 2.45) is 5.73 Å². The summed E-state index contributed by atoms with van der Waals surface area (Å²) >= 11 is 3.49. The molecule has 3 heteroatoms. The first-order valence-corrected chi connectivity index (χ1v) is 5.81. The lowest BCUT2D eigenvalue weighted by molar-refractivity contribution is 0.544. The zero-order valence-corrected chi connectivity index (χ0v) is 10.6. The monoisotopic (exact) mass is 266 g/mol. The highest BCUT2D eigenvalue weighted by molar-refractivity contribution is 9.10. The molecule has 1 aromatic heterocycles. The number of rotatable bonds is 2. The van der Waals surface area contributed by atoms with Gasteiger partial charge in [-0.15, -0.1) is 0 Å². The first-order chi connectivity index (χ1) is 7.04. The van der Waals surface area contributed by atoms with Crippen molar-refractivity contribution >= 4 is 26.8 Å². The second-order valence-electron chi connectivity index (χ2n) is 4.48. The summed E-state index contributed by atoms with van der Waals surface area (Å²) < 4.78 is 1.10. The molecule has 80 valence electrons. The fourth-order valence-electron chi connectivity index (χ4n) is 1.76. The lowest BCUT2D eigenvalue weighted by Gasteiger charge is -2.21. The number of aromatic nitrogens is 1. The molecule has 0 radical (unpaired) electrons. The third-order valence-electron chi connectivity index (χ3n) is 2.88. The average molecular weight is 267 g/mol. The van der Waals surface area contributed by atoms with E-state index in [4.69, 9.17) is 5.73 Å². The smallest absolute Gasteiger partial charge is 0.0457 e. The van der Waals surface area contributed by atoms with Gasteiger partial charge in [-0.1, -0.05) is 29.8 Å². The lowest BCUT2D eigenvalue weighted by Crippen LogP contribution is -2.27. The van der Waals surface area contributed by atoms with Gasteiger partial charge in [0, 0.05) is 33.5 Å². The highest BCUT2D eigenvalue weighted by atomic mass is 79.9. The van der Waals surface area contributed by atoms with Gasteiger partial charge in [0.15, 0.2) is 0 Å². The van der Waals surface area contributed by atoms with Crippen molar-refractivity contribution in [3.63, 3.8) is 0 Å². The van der Waals surface area contributed by atoms with E-state index in [2.05, 4.69) is 53.1 Å². The van der Waals surface area contributed by atoms with Crippen LogP contribution in [0.3, 0.4) is 0 Å². The molecule has 3 N–H and O–H groups in total. The normalized spacial score (nSPS) is 12.3. The van der Waals surface area contributed by atoms with Crippen LogP contribution in [0.15, 0.2) is 28.9 Å². The minimum atomic E-state index is 0.0129. The zero-order chi connectivity index (χ0) is 11.1. The molecule has 0 bridgehead atoms. The Labute approximate surface area is 98.0 Å². The molecule has 0 aliphatic carbocycles. The third-order valence-corrected chi connectivity index (χ3v) is 3.38. The number of nitrogens with two attached hydrogens (primary N) is 1. The molecule has 0 aliphatic heterocycles. The van der Waals surface area contributed by atoms with Crippen LogP contribution in [0.25, 0.3) is 10.9 Å². The number of halogens is 1. The fraction of sp³-hybridized carbons (Fsp3) is 0.333. The van der Waals surface area contributed by atoms with Crippen LogP contribution in [-0.2, 0) is 5.41 Å². The Bertz CT molecular complexity index is 485. The van der Waals surface area contributed by atoms with Gasteiger partial charge in [-0.3, -0.25) is 0 Å². The van der Waals surface area contributed by atoms with Gasteiger partial charge in [-0.25, -0.2) is 0 Å². The molecule has 0 saturated heterocycles. The van der Waals surface area contributed by atoms with Crippen molar-refractivity contribution < 1.29 is 0 Å². The Balaban J connectivity index is 2.67. The number of hydrogen-bond acceptors (Lipinski definition) is 1. The molecular weight excluding hydrogens is 252 g/mol. The number of aromatic amines is 1. The lowest BCUT2D eigenvalue weighted by atomic mass is 9.85. The summed E-state index contributed by atoms with van der Waals surface area (Å²) in [6.07, 6.45) is 2.06. The summed E-state index contributed by atoms with van der Waals surface area (Å²) in [4.78, 5) is 3.28. The fourth-order valence-corrected chi connectivity index (χ4v) is 2.12. The Hall–Kier alpha value is -0.800. The first kappa shape index (κ1) is 10.7. The van der Waals surface area contributed by atoms with E-state index in [-0.39, 0.29) is 5.41 Å². The van der Waals surface area contributed by atoms with Crippen molar-refractivity contribution in [2.45, 2.75) is 19.3 Å². The van der Waals surface area contributed by atoms with E-state index in [1.165, 1.54) is 10.9 Å². The maximum absolute atomic E-state index is 5.80. The van der Waals surface area contributed by atoms with Gasteiger partial charge in [0.05, 0.1) is 0 Å². The SMILES string of the molecule is CC(C)(CN)c1c[nH]c2ccc(Br)cc12. The van der Waals surface area contributed by atoms with Crippen LogP contribution in [0.1, 0.15) is 19.4 Å². The average Bonchev–Trinajstić information content (AvgIpc) is 2.61. The molecule has 0 atom stereocenters. The Morgan fingerprint density at radius 3 is 2.80 bits per heavy atom.